The number of carbonyl (C=O) groups excluding carboxylic acids is 1. The highest BCUT2D eigenvalue weighted by atomic mass is 16.6. The van der Waals surface area contributed by atoms with Gasteiger partial charge in [0.1, 0.15) is 11.6 Å². The number of aromatic amines is 1. The highest BCUT2D eigenvalue weighted by Crippen LogP contribution is 2.34. The summed E-state index contributed by atoms with van der Waals surface area (Å²) in [5.74, 6) is -1.11. The Morgan fingerprint density at radius 2 is 1.81 bits per heavy atom. The number of carbonyl (C=O) groups is 2. The Morgan fingerprint density at radius 3 is 2.53 bits per heavy atom. The Kier molecular flexibility index (Phi) is 7.37. The van der Waals surface area contributed by atoms with Crippen LogP contribution in [0.5, 0.6) is 5.75 Å². The maximum absolute atomic E-state index is 13.4. The van der Waals surface area contributed by atoms with Gasteiger partial charge in [0.2, 0.25) is 0 Å². The molecule has 0 unspecified atom stereocenters. The van der Waals surface area contributed by atoms with Gasteiger partial charge in [-0.2, -0.15) is 0 Å². The van der Waals surface area contributed by atoms with E-state index in [0.29, 0.717) is 27.8 Å². The predicted molar refractivity (Wildman–Crippen MR) is 162 cm³/mol. The van der Waals surface area contributed by atoms with E-state index in [0.717, 1.165) is 36.8 Å². The molecule has 43 heavy (non-hydrogen) atoms. The summed E-state index contributed by atoms with van der Waals surface area (Å²) in [5.41, 5.74) is 3.51. The number of hydrogen-bond acceptors (Lipinski definition) is 6. The van der Waals surface area contributed by atoms with E-state index in [2.05, 4.69) is 14.9 Å². The first kappa shape index (κ1) is 27.7. The Bertz CT molecular complexity index is 1880. The molecule has 4 N–H and O–H groups in total. The molecule has 1 saturated carbocycles. The van der Waals surface area contributed by atoms with Crippen LogP contribution >= 0.6 is 0 Å². The number of aliphatic carboxylic acids is 1. The number of non-ortho nitro benzene ring substituents is 1. The second kappa shape index (κ2) is 11.4. The smallest absolute Gasteiger partial charge is 0.331 e. The number of fused-ring (bicyclic) bond motifs is 2. The molecule has 1 fully saturated rings. The number of nitro benzene ring substituents is 1. The van der Waals surface area contributed by atoms with Crippen molar-refractivity contribution in [2.45, 2.75) is 44.2 Å². The van der Waals surface area contributed by atoms with Crippen LogP contribution in [0.2, 0.25) is 0 Å². The van der Waals surface area contributed by atoms with Crippen molar-refractivity contribution in [3.05, 3.63) is 99.5 Å². The van der Waals surface area contributed by atoms with Gasteiger partial charge in [-0.1, -0.05) is 25.3 Å². The van der Waals surface area contributed by atoms with Gasteiger partial charge in [0, 0.05) is 46.4 Å². The molecule has 1 aliphatic rings. The molecule has 0 radical (unpaired) electrons. The minimum absolute atomic E-state index is 0.0127. The van der Waals surface area contributed by atoms with Crippen molar-refractivity contribution < 1.29 is 24.7 Å². The standard InChI is InChI=1S/C32H29N5O6/c38-23-12-13-26-24(17-23)25(18-33-26)30(32(40)41)35-31(39)20-9-14-28-27(16-20)34-29(36(28)21-4-2-1-3-5-21)15-8-19-6-10-22(11-7-19)37(42)43/h6-18,21,30,33,38H,1-5H2,(H,35,39)(H,40,41)/b15-8+/t30-/m0/s1. The zero-order valence-electron chi connectivity index (χ0n) is 23.1. The fourth-order valence-electron chi connectivity index (χ4n) is 5.83. The fraction of sp³-hybridized carbons (Fsp3) is 0.219. The van der Waals surface area contributed by atoms with Gasteiger partial charge in [-0.05, 0) is 73.0 Å². The molecule has 2 aromatic heterocycles. The molecule has 0 saturated heterocycles. The summed E-state index contributed by atoms with van der Waals surface area (Å²) in [4.78, 5) is 44.0. The third kappa shape index (κ3) is 5.56. The molecule has 11 nitrogen and oxygen atoms in total. The van der Waals surface area contributed by atoms with Crippen LogP contribution < -0.4 is 5.32 Å². The van der Waals surface area contributed by atoms with Crippen molar-refractivity contribution in [2.75, 3.05) is 0 Å². The molecular weight excluding hydrogens is 550 g/mol. The van der Waals surface area contributed by atoms with E-state index in [4.69, 9.17) is 4.98 Å². The number of H-pyrrole nitrogens is 1. The minimum atomic E-state index is -1.35. The topological polar surface area (TPSA) is 163 Å². The lowest BCUT2D eigenvalue weighted by atomic mass is 9.95. The summed E-state index contributed by atoms with van der Waals surface area (Å²) in [5, 5.41) is 34.0. The van der Waals surface area contributed by atoms with Crippen LogP contribution in [-0.2, 0) is 4.79 Å². The van der Waals surface area contributed by atoms with E-state index in [9.17, 15) is 29.9 Å². The van der Waals surface area contributed by atoms with Crippen LogP contribution in [-0.4, -0.2) is 41.5 Å². The number of benzene rings is 3. The van der Waals surface area contributed by atoms with E-state index in [1.807, 2.05) is 18.2 Å². The van der Waals surface area contributed by atoms with Crippen LogP contribution in [0.4, 0.5) is 5.69 Å². The van der Waals surface area contributed by atoms with Gasteiger partial charge in [-0.3, -0.25) is 14.9 Å². The SMILES string of the molecule is O=C(N[C@H](C(=O)O)c1c[nH]c2ccc(O)cc12)c1ccc2c(c1)nc(/C=C/c1ccc([N+](=O)[O-])cc1)n2C1CCCCC1. The van der Waals surface area contributed by atoms with Crippen molar-refractivity contribution in [3.63, 3.8) is 0 Å². The molecule has 0 aliphatic heterocycles. The molecule has 1 atom stereocenters. The number of nitro groups is 1. The van der Waals surface area contributed by atoms with Crippen molar-refractivity contribution >= 4 is 51.7 Å². The first-order valence-electron chi connectivity index (χ1n) is 14.1. The lowest BCUT2D eigenvalue weighted by Gasteiger charge is -2.25. The Labute approximate surface area is 245 Å². The molecule has 3 aromatic carbocycles. The van der Waals surface area contributed by atoms with Crippen molar-refractivity contribution in [2.24, 2.45) is 0 Å². The number of rotatable bonds is 8. The number of phenolic OH excluding ortho intramolecular Hbond substituents is 1. The third-order valence-electron chi connectivity index (χ3n) is 7.98. The molecule has 1 amide bonds. The fourth-order valence-corrected chi connectivity index (χ4v) is 5.83. The van der Waals surface area contributed by atoms with Crippen LogP contribution in [0.25, 0.3) is 34.1 Å². The molecule has 5 aromatic rings. The summed E-state index contributed by atoms with van der Waals surface area (Å²) in [6.07, 6.45) is 10.7. The number of aromatic nitrogens is 3. The first-order chi connectivity index (χ1) is 20.8. The van der Waals surface area contributed by atoms with Crippen LogP contribution in [0.3, 0.4) is 0 Å². The van der Waals surface area contributed by atoms with Crippen LogP contribution in [0, 0.1) is 10.1 Å². The number of nitrogens with zero attached hydrogens (tertiary/aromatic N) is 3. The summed E-state index contributed by atoms with van der Waals surface area (Å²) < 4.78 is 2.19. The average molecular weight is 580 g/mol. The second-order valence-electron chi connectivity index (χ2n) is 10.7. The maximum atomic E-state index is 13.4. The number of aromatic hydroxyl groups is 1. The summed E-state index contributed by atoms with van der Waals surface area (Å²) in [6.45, 7) is 0. The van der Waals surface area contributed by atoms with Gasteiger partial charge < -0.3 is 25.1 Å². The molecule has 11 heteroatoms. The van der Waals surface area contributed by atoms with E-state index in [1.165, 1.54) is 36.9 Å². The van der Waals surface area contributed by atoms with Gasteiger partial charge in [0.25, 0.3) is 11.6 Å². The van der Waals surface area contributed by atoms with E-state index < -0.39 is 22.8 Å². The van der Waals surface area contributed by atoms with Crippen LogP contribution in [0.1, 0.15) is 71.5 Å². The number of imidazole rings is 1. The number of nitrogens with one attached hydrogen (secondary N) is 2. The lowest BCUT2D eigenvalue weighted by molar-refractivity contribution is -0.384. The van der Waals surface area contributed by atoms with Crippen molar-refractivity contribution in [1.82, 2.24) is 19.9 Å². The van der Waals surface area contributed by atoms with Crippen LogP contribution in [0.15, 0.2) is 66.9 Å². The lowest BCUT2D eigenvalue weighted by Crippen LogP contribution is -2.33. The quantitative estimate of drug-likeness (QED) is 0.123. The molecule has 0 bridgehead atoms. The average Bonchev–Trinajstić information content (AvgIpc) is 3.59. The van der Waals surface area contributed by atoms with Gasteiger partial charge >= 0.3 is 5.97 Å². The Balaban J connectivity index is 1.32. The Hall–Kier alpha value is -5.45. The van der Waals surface area contributed by atoms with Crippen molar-refractivity contribution in [1.29, 1.82) is 0 Å². The zero-order valence-corrected chi connectivity index (χ0v) is 23.1. The van der Waals surface area contributed by atoms with Crippen molar-refractivity contribution in [3.8, 4) is 5.75 Å². The summed E-state index contributed by atoms with van der Waals surface area (Å²) in [7, 11) is 0. The van der Waals surface area contributed by atoms with E-state index >= 15 is 0 Å². The Morgan fingerprint density at radius 1 is 1.05 bits per heavy atom. The maximum Gasteiger partial charge on any atom is 0.331 e. The second-order valence-corrected chi connectivity index (χ2v) is 10.7. The number of hydrogen-bond donors (Lipinski definition) is 4. The number of carboxylic acid groups (broad SMARTS) is 1. The van der Waals surface area contributed by atoms with E-state index in [1.54, 1.807) is 30.3 Å². The zero-order chi connectivity index (χ0) is 30.1. The third-order valence-corrected chi connectivity index (χ3v) is 7.98. The highest BCUT2D eigenvalue weighted by molar-refractivity contribution is 6.00. The normalized spacial score (nSPS) is 14.8. The monoisotopic (exact) mass is 579 g/mol. The molecule has 6 rings (SSSR count). The molecule has 0 spiro atoms. The summed E-state index contributed by atoms with van der Waals surface area (Å²) >= 11 is 0. The molecule has 2 heterocycles. The van der Waals surface area contributed by atoms with Gasteiger partial charge in [0.05, 0.1) is 16.0 Å². The summed E-state index contributed by atoms with van der Waals surface area (Å²) in [6, 6.07) is 14.9. The van der Waals surface area contributed by atoms with Gasteiger partial charge in [-0.25, -0.2) is 9.78 Å². The number of carboxylic acids is 1. The molecule has 1 aliphatic carbocycles. The van der Waals surface area contributed by atoms with Gasteiger partial charge in [0.15, 0.2) is 6.04 Å². The number of phenols is 1. The van der Waals surface area contributed by atoms with E-state index in [-0.39, 0.29) is 23.0 Å². The number of amides is 1. The molecular formula is C32H29N5O6. The van der Waals surface area contributed by atoms with Gasteiger partial charge in [-0.15, -0.1) is 0 Å². The largest absolute Gasteiger partial charge is 0.508 e. The first-order valence-corrected chi connectivity index (χ1v) is 14.1. The predicted octanol–water partition coefficient (Wildman–Crippen LogP) is 6.36. The molecule has 218 valence electrons. The minimum Gasteiger partial charge on any atom is -0.508 e. The highest BCUT2D eigenvalue weighted by Gasteiger charge is 2.27.